The molecule has 3 aromatic rings. The predicted molar refractivity (Wildman–Crippen MR) is 109 cm³/mol. The summed E-state index contributed by atoms with van der Waals surface area (Å²) in [6.07, 6.45) is 7.40. The van der Waals surface area contributed by atoms with Gasteiger partial charge < -0.3 is 20.0 Å². The van der Waals surface area contributed by atoms with E-state index in [9.17, 15) is 5.11 Å². The normalized spacial score (nSPS) is 21.6. The van der Waals surface area contributed by atoms with Crippen molar-refractivity contribution >= 4 is 28.2 Å². The number of hydrogen-bond donors (Lipinski definition) is 2. The molecule has 2 aromatic heterocycles. The van der Waals surface area contributed by atoms with Gasteiger partial charge in [0.2, 0.25) is 0 Å². The van der Waals surface area contributed by atoms with Crippen molar-refractivity contribution in [2.75, 3.05) is 13.6 Å². The molecule has 1 fully saturated rings. The number of benzene rings is 1. The Balaban J connectivity index is 1.70. The number of fused-ring (bicyclic) bond motifs is 3. The Hall–Kier alpha value is -2.31. The van der Waals surface area contributed by atoms with Gasteiger partial charge in [-0.25, -0.2) is 4.98 Å². The van der Waals surface area contributed by atoms with Gasteiger partial charge in [-0.3, -0.25) is 4.98 Å². The van der Waals surface area contributed by atoms with Crippen LogP contribution in [0.1, 0.15) is 50.6 Å². The molecule has 6 nitrogen and oxygen atoms in total. The van der Waals surface area contributed by atoms with Gasteiger partial charge in [0.25, 0.3) is 0 Å². The largest absolute Gasteiger partial charge is 0.385 e. The zero-order valence-electron chi connectivity index (χ0n) is 16.0. The summed E-state index contributed by atoms with van der Waals surface area (Å²) in [6.45, 7) is 2.75. The minimum Gasteiger partial charge on any atom is -0.385 e. The fraction of sp³-hybridized carbons (Fsp3) is 0.476. The maximum Gasteiger partial charge on any atom is 0.138 e. The maximum absolute atomic E-state index is 10.4. The van der Waals surface area contributed by atoms with Crippen LogP contribution < -0.4 is 5.32 Å². The Morgan fingerprint density at radius 2 is 2.19 bits per heavy atom. The summed E-state index contributed by atoms with van der Waals surface area (Å²) in [5.74, 6) is 0.743. The first-order valence-electron chi connectivity index (χ1n) is 9.76. The molecule has 0 amide bonds. The minimum atomic E-state index is -0.607. The van der Waals surface area contributed by atoms with E-state index in [1.54, 1.807) is 6.92 Å². The van der Waals surface area contributed by atoms with E-state index >= 15 is 0 Å². The third-order valence-corrected chi connectivity index (χ3v) is 5.48. The monoisotopic (exact) mass is 365 g/mol. The van der Waals surface area contributed by atoms with Crippen LogP contribution in [0.3, 0.4) is 0 Å². The summed E-state index contributed by atoms with van der Waals surface area (Å²) >= 11 is 0. The fourth-order valence-corrected chi connectivity index (χ4v) is 4.27. The van der Waals surface area contributed by atoms with Gasteiger partial charge in [0.1, 0.15) is 17.4 Å². The number of para-hydroxylation sites is 1. The number of aromatic nitrogens is 3. The molecule has 1 aromatic carbocycles. The lowest BCUT2D eigenvalue weighted by Crippen LogP contribution is -2.28. The Bertz CT molecular complexity index is 962. The van der Waals surface area contributed by atoms with Crippen LogP contribution in [0.15, 0.2) is 35.5 Å². The van der Waals surface area contributed by atoms with Crippen molar-refractivity contribution in [1.82, 2.24) is 19.9 Å². The van der Waals surface area contributed by atoms with Gasteiger partial charge in [0.15, 0.2) is 0 Å². The number of rotatable bonds is 6. The highest BCUT2D eigenvalue weighted by molar-refractivity contribution is 6.02. The molecule has 2 heterocycles. The molecule has 1 aliphatic rings. The number of nitrogens with one attached hydrogen (secondary N) is 1. The highest BCUT2D eigenvalue weighted by Crippen LogP contribution is 2.37. The average Bonchev–Trinajstić information content (AvgIpc) is 3.29. The van der Waals surface area contributed by atoms with Gasteiger partial charge in [0, 0.05) is 31.1 Å². The van der Waals surface area contributed by atoms with E-state index in [4.69, 9.17) is 4.98 Å². The molecule has 3 unspecified atom stereocenters. The standard InChI is InChI=1S/C21H27N5O/c1-14(27)21-25-19-13-24-18-7-4-3-6-17(18)20(19)26(21)16-9-8-15(12-16)23-11-5-10-22-2/h3-4,6-7,10,13-16,23,27H,5,8-9,11-12H2,1-2H3. The number of aliphatic imine (C=N–C) groups is 1. The van der Waals surface area contributed by atoms with Crippen molar-refractivity contribution in [3.8, 4) is 0 Å². The van der Waals surface area contributed by atoms with E-state index in [1.165, 1.54) is 0 Å². The second-order valence-electron chi connectivity index (χ2n) is 7.37. The van der Waals surface area contributed by atoms with Crippen LogP contribution in [0.5, 0.6) is 0 Å². The van der Waals surface area contributed by atoms with Gasteiger partial charge in [0.05, 0.1) is 17.2 Å². The van der Waals surface area contributed by atoms with Gasteiger partial charge in [-0.1, -0.05) is 18.2 Å². The number of hydrogen-bond acceptors (Lipinski definition) is 5. The van der Waals surface area contributed by atoms with Crippen molar-refractivity contribution < 1.29 is 5.11 Å². The Labute approximate surface area is 159 Å². The van der Waals surface area contributed by atoms with Crippen LogP contribution >= 0.6 is 0 Å². The van der Waals surface area contributed by atoms with Gasteiger partial charge in [-0.05, 0) is 44.9 Å². The summed E-state index contributed by atoms with van der Waals surface area (Å²) in [7, 11) is 1.81. The van der Waals surface area contributed by atoms with E-state index in [0.717, 1.165) is 60.0 Å². The average molecular weight is 365 g/mol. The van der Waals surface area contributed by atoms with Crippen molar-refractivity contribution in [3.63, 3.8) is 0 Å². The molecular formula is C21H27N5O. The van der Waals surface area contributed by atoms with Crippen LogP contribution in [-0.2, 0) is 0 Å². The van der Waals surface area contributed by atoms with Crippen molar-refractivity contribution in [2.45, 2.75) is 50.8 Å². The lowest BCUT2D eigenvalue weighted by Gasteiger charge is -2.19. The van der Waals surface area contributed by atoms with E-state index in [0.29, 0.717) is 12.1 Å². The Morgan fingerprint density at radius 3 is 3.00 bits per heavy atom. The number of pyridine rings is 1. The third-order valence-electron chi connectivity index (χ3n) is 5.48. The van der Waals surface area contributed by atoms with Gasteiger partial charge >= 0.3 is 0 Å². The first kappa shape index (κ1) is 18.1. The third kappa shape index (κ3) is 3.47. The molecule has 0 bridgehead atoms. The summed E-state index contributed by atoms with van der Waals surface area (Å²) in [5, 5.41) is 15.1. The molecule has 27 heavy (non-hydrogen) atoms. The van der Waals surface area contributed by atoms with Crippen molar-refractivity contribution in [1.29, 1.82) is 0 Å². The number of nitrogens with zero attached hydrogens (tertiary/aromatic N) is 4. The van der Waals surface area contributed by atoms with Crippen LogP contribution in [0.25, 0.3) is 21.9 Å². The van der Waals surface area contributed by atoms with E-state index in [-0.39, 0.29) is 0 Å². The molecule has 1 saturated carbocycles. The van der Waals surface area contributed by atoms with Crippen LogP contribution in [-0.4, -0.2) is 45.5 Å². The molecule has 2 N–H and O–H groups in total. The Morgan fingerprint density at radius 1 is 1.33 bits per heavy atom. The number of imidazole rings is 1. The van der Waals surface area contributed by atoms with Crippen molar-refractivity contribution in [3.05, 3.63) is 36.3 Å². The molecule has 4 rings (SSSR count). The SMILES string of the molecule is CN=CCCNC1CCC(n2c(C(C)O)nc3cnc4ccccc4c32)C1. The van der Waals surface area contributed by atoms with Crippen LogP contribution in [0.4, 0.5) is 0 Å². The molecular weight excluding hydrogens is 338 g/mol. The van der Waals surface area contributed by atoms with Gasteiger partial charge in [-0.2, -0.15) is 0 Å². The highest BCUT2D eigenvalue weighted by Gasteiger charge is 2.30. The quantitative estimate of drug-likeness (QED) is 0.518. The molecule has 6 heteroatoms. The molecule has 3 atom stereocenters. The van der Waals surface area contributed by atoms with Crippen molar-refractivity contribution in [2.24, 2.45) is 4.99 Å². The van der Waals surface area contributed by atoms with E-state index in [1.807, 2.05) is 37.7 Å². The first-order valence-corrected chi connectivity index (χ1v) is 9.76. The number of aliphatic hydroxyl groups is 1. The minimum absolute atomic E-state index is 0.336. The number of aliphatic hydroxyl groups excluding tert-OH is 1. The molecule has 1 aliphatic carbocycles. The topological polar surface area (TPSA) is 75.3 Å². The van der Waals surface area contributed by atoms with E-state index in [2.05, 4.69) is 25.9 Å². The van der Waals surface area contributed by atoms with Crippen LogP contribution in [0, 0.1) is 0 Å². The molecule has 0 saturated heterocycles. The maximum atomic E-state index is 10.4. The molecule has 0 radical (unpaired) electrons. The zero-order valence-corrected chi connectivity index (χ0v) is 16.0. The molecule has 0 aliphatic heterocycles. The smallest absolute Gasteiger partial charge is 0.138 e. The van der Waals surface area contributed by atoms with Gasteiger partial charge in [-0.15, -0.1) is 0 Å². The molecule has 0 spiro atoms. The first-order chi connectivity index (χ1) is 13.2. The summed E-state index contributed by atoms with van der Waals surface area (Å²) in [6, 6.07) is 9.01. The molecule has 142 valence electrons. The lowest BCUT2D eigenvalue weighted by atomic mass is 10.1. The highest BCUT2D eigenvalue weighted by atomic mass is 16.3. The fourth-order valence-electron chi connectivity index (χ4n) is 4.27. The zero-order chi connectivity index (χ0) is 18.8. The van der Waals surface area contributed by atoms with E-state index < -0.39 is 6.10 Å². The lowest BCUT2D eigenvalue weighted by molar-refractivity contribution is 0.181. The summed E-state index contributed by atoms with van der Waals surface area (Å²) in [5.41, 5.74) is 2.93. The predicted octanol–water partition coefficient (Wildman–Crippen LogP) is 3.41. The second kappa shape index (κ2) is 7.74. The Kier molecular flexibility index (Phi) is 5.18. The van der Waals surface area contributed by atoms with Crippen LogP contribution in [0.2, 0.25) is 0 Å². The summed E-state index contributed by atoms with van der Waals surface area (Å²) < 4.78 is 2.28. The second-order valence-corrected chi connectivity index (χ2v) is 7.37. The summed E-state index contributed by atoms with van der Waals surface area (Å²) in [4.78, 5) is 13.3.